The Balaban J connectivity index is 1.80. The number of aromatic hydroxyl groups is 1. The molecular weight excluding hydrogens is 296 g/mol. The molecule has 0 atom stereocenters. The Kier molecular flexibility index (Phi) is 5.82. The van der Waals surface area contributed by atoms with E-state index in [1.54, 1.807) is 4.90 Å². The maximum Gasteiger partial charge on any atom is 0.226 e. The lowest BCUT2D eigenvalue weighted by atomic mass is 9.93. The van der Waals surface area contributed by atoms with Gasteiger partial charge in [-0.05, 0) is 45.7 Å². The van der Waals surface area contributed by atoms with Crippen molar-refractivity contribution >= 4 is 5.91 Å². The average Bonchev–Trinajstić information content (AvgIpc) is 2.52. The molecule has 0 bridgehead atoms. The summed E-state index contributed by atoms with van der Waals surface area (Å²) >= 11 is 0. The molecule has 2 heterocycles. The van der Waals surface area contributed by atoms with Crippen molar-refractivity contribution in [1.29, 1.82) is 0 Å². The zero-order valence-corrected chi connectivity index (χ0v) is 14.1. The number of hydrogen-bond donors (Lipinski definition) is 1. The number of rotatable bonds is 5. The second-order valence-electron chi connectivity index (χ2n) is 6.62. The summed E-state index contributed by atoms with van der Waals surface area (Å²) in [7, 11) is 1.86. The lowest BCUT2D eigenvalue weighted by Gasteiger charge is -2.32. The van der Waals surface area contributed by atoms with Gasteiger partial charge in [0.25, 0.3) is 0 Å². The molecule has 0 aliphatic carbocycles. The van der Waals surface area contributed by atoms with Crippen molar-refractivity contribution in [3.05, 3.63) is 28.3 Å². The van der Waals surface area contributed by atoms with Gasteiger partial charge in [0, 0.05) is 25.6 Å². The standard InChI is InChI=1S/C17H26N2O4/c1-12(2)18(3)17(22)8-13-4-6-19(7-5-13)10-14-9-15(20)16(21)11-23-14/h9,11-13,21H,4-8,10H2,1-3H3. The van der Waals surface area contributed by atoms with Crippen LogP contribution in [0.25, 0.3) is 0 Å². The predicted molar refractivity (Wildman–Crippen MR) is 87.2 cm³/mol. The largest absolute Gasteiger partial charge is 0.502 e. The lowest BCUT2D eigenvalue weighted by molar-refractivity contribution is -0.132. The van der Waals surface area contributed by atoms with Crippen LogP contribution >= 0.6 is 0 Å². The first-order valence-electron chi connectivity index (χ1n) is 8.15. The van der Waals surface area contributed by atoms with Crippen molar-refractivity contribution in [3.8, 4) is 5.75 Å². The second-order valence-corrected chi connectivity index (χ2v) is 6.62. The van der Waals surface area contributed by atoms with Gasteiger partial charge in [-0.2, -0.15) is 0 Å². The summed E-state index contributed by atoms with van der Waals surface area (Å²) in [6.07, 6.45) is 3.64. The molecule has 1 saturated heterocycles. The van der Waals surface area contributed by atoms with Gasteiger partial charge in [0.15, 0.2) is 5.75 Å². The summed E-state index contributed by atoms with van der Waals surface area (Å²) < 4.78 is 5.24. The van der Waals surface area contributed by atoms with Crippen LogP contribution in [0.3, 0.4) is 0 Å². The van der Waals surface area contributed by atoms with Crippen LogP contribution < -0.4 is 5.43 Å². The third-order valence-electron chi connectivity index (χ3n) is 4.58. The van der Waals surface area contributed by atoms with Crippen LogP contribution in [-0.2, 0) is 11.3 Å². The predicted octanol–water partition coefficient (Wildman–Crippen LogP) is 1.81. The number of amides is 1. The van der Waals surface area contributed by atoms with Crippen LogP contribution in [0.1, 0.15) is 38.9 Å². The highest BCUT2D eigenvalue weighted by atomic mass is 16.4. The summed E-state index contributed by atoms with van der Waals surface area (Å²) in [6.45, 7) is 6.36. The van der Waals surface area contributed by atoms with Gasteiger partial charge < -0.3 is 14.4 Å². The molecule has 23 heavy (non-hydrogen) atoms. The molecule has 6 nitrogen and oxygen atoms in total. The van der Waals surface area contributed by atoms with E-state index in [-0.39, 0.29) is 17.7 Å². The van der Waals surface area contributed by atoms with Crippen LogP contribution in [0.4, 0.5) is 0 Å². The molecule has 0 saturated carbocycles. The minimum Gasteiger partial charge on any atom is -0.502 e. The number of piperidine rings is 1. The van der Waals surface area contributed by atoms with Crippen molar-refractivity contribution in [2.45, 2.75) is 45.7 Å². The molecule has 0 aromatic carbocycles. The van der Waals surface area contributed by atoms with Crippen LogP contribution in [0, 0.1) is 5.92 Å². The quantitative estimate of drug-likeness (QED) is 0.895. The lowest BCUT2D eigenvalue weighted by Crippen LogP contribution is -2.38. The van der Waals surface area contributed by atoms with E-state index < -0.39 is 5.43 Å². The monoisotopic (exact) mass is 322 g/mol. The third-order valence-corrected chi connectivity index (χ3v) is 4.58. The highest BCUT2D eigenvalue weighted by Crippen LogP contribution is 2.23. The molecule has 128 valence electrons. The summed E-state index contributed by atoms with van der Waals surface area (Å²) in [5.41, 5.74) is -0.413. The van der Waals surface area contributed by atoms with Crippen molar-refractivity contribution in [3.63, 3.8) is 0 Å². The molecule has 6 heteroatoms. The van der Waals surface area contributed by atoms with E-state index >= 15 is 0 Å². The fraction of sp³-hybridized carbons (Fsp3) is 0.647. The summed E-state index contributed by atoms with van der Waals surface area (Å²) in [6, 6.07) is 1.57. The maximum atomic E-state index is 12.1. The fourth-order valence-corrected chi connectivity index (χ4v) is 2.77. The van der Waals surface area contributed by atoms with Crippen LogP contribution in [0.2, 0.25) is 0 Å². The number of likely N-dealkylation sites (tertiary alicyclic amines) is 1. The first-order chi connectivity index (χ1) is 10.9. The van der Waals surface area contributed by atoms with Crippen molar-refractivity contribution in [2.75, 3.05) is 20.1 Å². The van der Waals surface area contributed by atoms with E-state index in [0.717, 1.165) is 32.2 Å². The Hall–Kier alpha value is -1.82. The third kappa shape index (κ3) is 4.82. The molecule has 1 aromatic heterocycles. The van der Waals surface area contributed by atoms with Gasteiger partial charge in [-0.1, -0.05) is 0 Å². The molecule has 1 amide bonds. The van der Waals surface area contributed by atoms with Gasteiger partial charge >= 0.3 is 0 Å². The van der Waals surface area contributed by atoms with E-state index in [1.165, 1.54) is 6.07 Å². The van der Waals surface area contributed by atoms with Crippen molar-refractivity contribution in [1.82, 2.24) is 9.80 Å². The molecule has 2 rings (SSSR count). The first kappa shape index (κ1) is 17.5. The maximum absolute atomic E-state index is 12.1. The van der Waals surface area contributed by atoms with Crippen LogP contribution in [0.15, 0.2) is 21.5 Å². The van der Waals surface area contributed by atoms with Gasteiger partial charge in [0.2, 0.25) is 11.3 Å². The molecule has 1 fully saturated rings. The number of nitrogens with zero attached hydrogens (tertiary/aromatic N) is 2. The highest BCUT2D eigenvalue weighted by Gasteiger charge is 2.24. The molecule has 1 N–H and O–H groups in total. The van der Waals surface area contributed by atoms with Crippen LogP contribution in [0.5, 0.6) is 5.75 Å². The van der Waals surface area contributed by atoms with Gasteiger partial charge in [-0.15, -0.1) is 0 Å². The molecule has 0 radical (unpaired) electrons. The Morgan fingerprint density at radius 1 is 1.43 bits per heavy atom. The minimum absolute atomic E-state index is 0.211. The van der Waals surface area contributed by atoms with E-state index in [1.807, 2.05) is 20.9 Å². The topological polar surface area (TPSA) is 74.0 Å². The molecule has 0 unspecified atom stereocenters. The molecule has 1 aromatic rings. The summed E-state index contributed by atoms with van der Waals surface area (Å²) in [5, 5.41) is 9.20. The zero-order chi connectivity index (χ0) is 17.0. The van der Waals surface area contributed by atoms with Gasteiger partial charge in [0.05, 0.1) is 6.54 Å². The van der Waals surface area contributed by atoms with Crippen molar-refractivity contribution in [2.24, 2.45) is 5.92 Å². The Morgan fingerprint density at radius 3 is 2.65 bits per heavy atom. The second kappa shape index (κ2) is 7.64. The average molecular weight is 322 g/mol. The Bertz CT molecular complexity index is 589. The van der Waals surface area contributed by atoms with E-state index in [4.69, 9.17) is 4.42 Å². The highest BCUT2D eigenvalue weighted by molar-refractivity contribution is 5.76. The fourth-order valence-electron chi connectivity index (χ4n) is 2.77. The van der Waals surface area contributed by atoms with Gasteiger partial charge in [-0.25, -0.2) is 0 Å². The number of carbonyl (C=O) groups excluding carboxylic acids is 1. The Morgan fingerprint density at radius 2 is 2.09 bits per heavy atom. The van der Waals surface area contributed by atoms with E-state index in [9.17, 15) is 14.7 Å². The molecule has 1 aliphatic heterocycles. The number of carbonyl (C=O) groups is 1. The molecule has 0 spiro atoms. The zero-order valence-electron chi connectivity index (χ0n) is 14.1. The normalized spacial score (nSPS) is 16.7. The summed E-state index contributed by atoms with van der Waals surface area (Å²) in [5.74, 6) is 0.830. The minimum atomic E-state index is -0.413. The Labute approximate surface area is 136 Å². The van der Waals surface area contributed by atoms with Crippen molar-refractivity contribution < 1.29 is 14.3 Å². The van der Waals surface area contributed by atoms with Gasteiger partial charge in [0.1, 0.15) is 12.0 Å². The SMILES string of the molecule is CC(C)N(C)C(=O)CC1CCN(Cc2cc(=O)c(O)co2)CC1. The van der Waals surface area contributed by atoms with Crippen LogP contribution in [-0.4, -0.2) is 47.0 Å². The molecule has 1 aliphatic rings. The van der Waals surface area contributed by atoms with E-state index in [0.29, 0.717) is 24.6 Å². The summed E-state index contributed by atoms with van der Waals surface area (Å²) in [4.78, 5) is 27.6. The van der Waals surface area contributed by atoms with Gasteiger partial charge in [-0.3, -0.25) is 14.5 Å². The number of hydrogen-bond acceptors (Lipinski definition) is 5. The molecular formula is C17H26N2O4. The smallest absolute Gasteiger partial charge is 0.226 e. The first-order valence-corrected chi connectivity index (χ1v) is 8.15. The van der Waals surface area contributed by atoms with E-state index in [2.05, 4.69) is 4.90 Å².